The van der Waals surface area contributed by atoms with Crippen LogP contribution in [0.5, 0.6) is 0 Å². The predicted octanol–water partition coefficient (Wildman–Crippen LogP) is 5.49. The summed E-state index contributed by atoms with van der Waals surface area (Å²) in [5.74, 6) is 0.502. The molecule has 0 N–H and O–H groups in total. The number of carbonyl (C=O) groups is 1. The van der Waals surface area contributed by atoms with Gasteiger partial charge in [0.25, 0.3) is 0 Å². The van der Waals surface area contributed by atoms with Crippen molar-refractivity contribution in [2.75, 3.05) is 4.90 Å². The van der Waals surface area contributed by atoms with E-state index in [9.17, 15) is 4.79 Å². The van der Waals surface area contributed by atoms with E-state index < -0.39 is 0 Å². The summed E-state index contributed by atoms with van der Waals surface area (Å²) >= 11 is 0. The lowest BCUT2D eigenvalue weighted by Crippen LogP contribution is -2.44. The fourth-order valence-corrected chi connectivity index (χ4v) is 4.22. The van der Waals surface area contributed by atoms with Crippen LogP contribution < -0.4 is 4.90 Å². The molecule has 3 aromatic rings. The number of benzene rings is 3. The van der Waals surface area contributed by atoms with Gasteiger partial charge < -0.3 is 4.90 Å². The number of amides is 1. The summed E-state index contributed by atoms with van der Waals surface area (Å²) < 4.78 is 0. The molecule has 0 saturated carbocycles. The third kappa shape index (κ3) is 3.52. The molecule has 2 heteroatoms. The van der Waals surface area contributed by atoms with Crippen molar-refractivity contribution in [2.24, 2.45) is 0 Å². The summed E-state index contributed by atoms with van der Waals surface area (Å²) in [5.41, 5.74) is 5.95. The first-order chi connectivity index (χ1) is 13.1. The van der Waals surface area contributed by atoms with Crippen LogP contribution in [0.4, 0.5) is 5.69 Å². The van der Waals surface area contributed by atoms with Gasteiger partial charge in [0.15, 0.2) is 0 Å². The molecular formula is C25H25NO. The molecule has 1 aliphatic rings. The van der Waals surface area contributed by atoms with E-state index >= 15 is 0 Å². The van der Waals surface area contributed by atoms with Crippen LogP contribution in [0, 0.1) is 6.92 Å². The van der Waals surface area contributed by atoms with Crippen LogP contribution in [0.25, 0.3) is 0 Å². The molecule has 0 bridgehead atoms. The average molecular weight is 355 g/mol. The standard InChI is InChI=1S/C25H25NO/c1-18-13-14-24-23(15-18)22(21-11-7-4-8-12-21)16-19(2)26(24)25(27)17-20-9-5-3-6-10-20/h3-15,19,22H,16-17H2,1-2H3/t19-,22+/m0/s1. The molecule has 0 aliphatic carbocycles. The molecule has 27 heavy (non-hydrogen) atoms. The summed E-state index contributed by atoms with van der Waals surface area (Å²) in [5, 5.41) is 0. The van der Waals surface area contributed by atoms with Crippen molar-refractivity contribution >= 4 is 11.6 Å². The van der Waals surface area contributed by atoms with E-state index in [1.54, 1.807) is 0 Å². The van der Waals surface area contributed by atoms with Crippen molar-refractivity contribution in [3.63, 3.8) is 0 Å². The Labute approximate surface area is 161 Å². The van der Waals surface area contributed by atoms with Gasteiger partial charge in [0.2, 0.25) is 5.91 Å². The van der Waals surface area contributed by atoms with E-state index in [1.807, 2.05) is 35.2 Å². The van der Waals surface area contributed by atoms with Crippen LogP contribution in [0.2, 0.25) is 0 Å². The number of hydrogen-bond donors (Lipinski definition) is 0. The molecule has 0 radical (unpaired) electrons. The highest BCUT2D eigenvalue weighted by atomic mass is 16.2. The molecule has 2 nitrogen and oxygen atoms in total. The number of hydrogen-bond acceptors (Lipinski definition) is 1. The van der Waals surface area contributed by atoms with E-state index in [1.165, 1.54) is 16.7 Å². The molecule has 2 atom stereocenters. The van der Waals surface area contributed by atoms with Gasteiger partial charge in [-0.05, 0) is 43.0 Å². The average Bonchev–Trinajstić information content (AvgIpc) is 2.69. The molecule has 4 rings (SSSR count). The highest BCUT2D eigenvalue weighted by molar-refractivity contribution is 5.97. The number of rotatable bonds is 3. The molecule has 3 aromatic carbocycles. The van der Waals surface area contributed by atoms with Gasteiger partial charge in [-0.3, -0.25) is 4.79 Å². The van der Waals surface area contributed by atoms with Crippen molar-refractivity contribution < 1.29 is 4.79 Å². The highest BCUT2D eigenvalue weighted by Crippen LogP contribution is 2.42. The number of nitrogens with zero attached hydrogens (tertiary/aromatic N) is 1. The minimum Gasteiger partial charge on any atom is -0.309 e. The van der Waals surface area contributed by atoms with Gasteiger partial charge in [0.1, 0.15) is 0 Å². The first-order valence-electron chi connectivity index (χ1n) is 9.65. The largest absolute Gasteiger partial charge is 0.309 e. The first-order valence-corrected chi connectivity index (χ1v) is 9.65. The van der Waals surface area contributed by atoms with Crippen molar-refractivity contribution in [1.29, 1.82) is 0 Å². The molecule has 1 amide bonds. The molecule has 0 saturated heterocycles. The fraction of sp³-hybridized carbons (Fsp3) is 0.240. The Morgan fingerprint density at radius 2 is 1.63 bits per heavy atom. The maximum absolute atomic E-state index is 13.2. The lowest BCUT2D eigenvalue weighted by molar-refractivity contribution is -0.118. The SMILES string of the molecule is Cc1ccc2c(c1)[C@@H](c1ccccc1)C[C@H](C)N2C(=O)Cc1ccccc1. The monoisotopic (exact) mass is 355 g/mol. The second-order valence-corrected chi connectivity index (χ2v) is 7.54. The molecule has 1 aliphatic heterocycles. The Bertz CT molecular complexity index is 933. The lowest BCUT2D eigenvalue weighted by atomic mass is 9.80. The van der Waals surface area contributed by atoms with Gasteiger partial charge in [-0.2, -0.15) is 0 Å². The topological polar surface area (TPSA) is 20.3 Å². The zero-order valence-corrected chi connectivity index (χ0v) is 15.9. The number of carbonyl (C=O) groups excluding carboxylic acids is 1. The van der Waals surface area contributed by atoms with Crippen molar-refractivity contribution in [3.05, 3.63) is 101 Å². The summed E-state index contributed by atoms with van der Waals surface area (Å²) in [7, 11) is 0. The Balaban J connectivity index is 1.72. The van der Waals surface area contributed by atoms with Gasteiger partial charge >= 0.3 is 0 Å². The minimum atomic E-state index is 0.168. The van der Waals surface area contributed by atoms with Crippen LogP contribution in [0.3, 0.4) is 0 Å². The van der Waals surface area contributed by atoms with Crippen LogP contribution in [0.1, 0.15) is 41.5 Å². The number of aryl methyl sites for hydroxylation is 1. The van der Waals surface area contributed by atoms with Crippen molar-refractivity contribution in [3.8, 4) is 0 Å². The predicted molar refractivity (Wildman–Crippen MR) is 111 cm³/mol. The Morgan fingerprint density at radius 1 is 0.963 bits per heavy atom. The smallest absolute Gasteiger partial charge is 0.231 e. The summed E-state index contributed by atoms with van der Waals surface area (Å²) in [6.45, 7) is 4.29. The van der Waals surface area contributed by atoms with E-state index in [0.29, 0.717) is 12.3 Å². The van der Waals surface area contributed by atoms with Crippen molar-refractivity contribution in [2.45, 2.75) is 38.6 Å². The van der Waals surface area contributed by atoms with E-state index in [0.717, 1.165) is 17.7 Å². The highest BCUT2D eigenvalue weighted by Gasteiger charge is 2.34. The number of anilines is 1. The van der Waals surface area contributed by atoms with Crippen LogP contribution in [-0.2, 0) is 11.2 Å². The summed E-state index contributed by atoms with van der Waals surface area (Å²) in [4.78, 5) is 15.2. The molecule has 136 valence electrons. The Morgan fingerprint density at radius 3 is 2.33 bits per heavy atom. The van der Waals surface area contributed by atoms with Gasteiger partial charge in [-0.1, -0.05) is 78.4 Å². The molecular weight excluding hydrogens is 330 g/mol. The Hall–Kier alpha value is -2.87. The van der Waals surface area contributed by atoms with Gasteiger partial charge in [-0.15, -0.1) is 0 Å². The number of fused-ring (bicyclic) bond motifs is 1. The second-order valence-electron chi connectivity index (χ2n) is 7.54. The molecule has 0 unspecified atom stereocenters. The fourth-order valence-electron chi connectivity index (χ4n) is 4.22. The first kappa shape index (κ1) is 17.5. The van der Waals surface area contributed by atoms with Crippen LogP contribution in [0.15, 0.2) is 78.9 Å². The Kier molecular flexibility index (Phi) is 4.81. The maximum atomic E-state index is 13.2. The van der Waals surface area contributed by atoms with E-state index in [4.69, 9.17) is 0 Å². The molecule has 0 aromatic heterocycles. The summed E-state index contributed by atoms with van der Waals surface area (Å²) in [6.07, 6.45) is 1.38. The maximum Gasteiger partial charge on any atom is 0.231 e. The minimum absolute atomic E-state index is 0.168. The van der Waals surface area contributed by atoms with E-state index in [-0.39, 0.29) is 11.9 Å². The lowest BCUT2D eigenvalue weighted by Gasteiger charge is -2.40. The van der Waals surface area contributed by atoms with Crippen LogP contribution in [-0.4, -0.2) is 11.9 Å². The quantitative estimate of drug-likeness (QED) is 0.608. The third-order valence-electron chi connectivity index (χ3n) is 5.50. The van der Waals surface area contributed by atoms with Gasteiger partial charge in [-0.25, -0.2) is 0 Å². The van der Waals surface area contributed by atoms with E-state index in [2.05, 4.69) is 62.4 Å². The third-order valence-corrected chi connectivity index (χ3v) is 5.50. The zero-order chi connectivity index (χ0) is 18.8. The molecule has 0 spiro atoms. The second kappa shape index (κ2) is 7.40. The molecule has 0 fully saturated rings. The normalized spacial score (nSPS) is 18.8. The van der Waals surface area contributed by atoms with Gasteiger partial charge in [0, 0.05) is 17.6 Å². The van der Waals surface area contributed by atoms with Crippen LogP contribution >= 0.6 is 0 Å². The van der Waals surface area contributed by atoms with Crippen molar-refractivity contribution in [1.82, 2.24) is 0 Å². The molecule has 1 heterocycles. The summed E-state index contributed by atoms with van der Waals surface area (Å²) in [6, 6.07) is 27.3. The van der Waals surface area contributed by atoms with Gasteiger partial charge in [0.05, 0.1) is 6.42 Å². The zero-order valence-electron chi connectivity index (χ0n) is 15.9.